The molecule has 0 spiro atoms. The molecule has 0 amide bonds. The van der Waals surface area contributed by atoms with Gasteiger partial charge < -0.3 is 10.5 Å². The van der Waals surface area contributed by atoms with Crippen LogP contribution in [0.1, 0.15) is 40.0 Å². The molecule has 0 aliphatic heterocycles. The first kappa shape index (κ1) is 15.9. The van der Waals surface area contributed by atoms with Crippen LogP contribution in [0.2, 0.25) is 0 Å². The summed E-state index contributed by atoms with van der Waals surface area (Å²) in [5, 5.41) is 0. The van der Waals surface area contributed by atoms with Crippen molar-refractivity contribution in [1.82, 2.24) is 4.90 Å². The van der Waals surface area contributed by atoms with Crippen LogP contribution >= 0.6 is 12.2 Å². The third kappa shape index (κ3) is 4.82. The standard InChI is InChI=1S/C14H28N2OS/c1-11(12-5-6-12)16(9-10-17-4)8-7-14(2,3)13(15)18/h11-12H,5-10H2,1-4H3,(H2,15,18). The molecule has 4 heteroatoms. The van der Waals surface area contributed by atoms with Gasteiger partial charge in [-0.15, -0.1) is 0 Å². The minimum absolute atomic E-state index is 0.0517. The Labute approximate surface area is 117 Å². The first-order valence-electron chi connectivity index (χ1n) is 6.91. The van der Waals surface area contributed by atoms with Crippen LogP contribution in [-0.4, -0.2) is 42.7 Å². The molecule has 1 unspecified atom stereocenters. The first-order chi connectivity index (χ1) is 8.38. The summed E-state index contributed by atoms with van der Waals surface area (Å²) in [6.07, 6.45) is 3.77. The highest BCUT2D eigenvalue weighted by atomic mass is 32.1. The maximum absolute atomic E-state index is 5.79. The van der Waals surface area contributed by atoms with Crippen LogP contribution in [0.3, 0.4) is 0 Å². The lowest BCUT2D eigenvalue weighted by molar-refractivity contribution is 0.110. The van der Waals surface area contributed by atoms with Gasteiger partial charge in [0, 0.05) is 25.1 Å². The van der Waals surface area contributed by atoms with Gasteiger partial charge >= 0.3 is 0 Å². The molecule has 1 atom stereocenters. The molecule has 0 aromatic rings. The van der Waals surface area contributed by atoms with Crippen molar-refractivity contribution in [3.63, 3.8) is 0 Å². The smallest absolute Gasteiger partial charge is 0.0784 e. The van der Waals surface area contributed by atoms with Crippen LogP contribution in [0.15, 0.2) is 0 Å². The third-order valence-corrected chi connectivity index (χ3v) is 4.71. The molecule has 1 saturated carbocycles. The van der Waals surface area contributed by atoms with Gasteiger partial charge in [0.25, 0.3) is 0 Å². The molecule has 0 bridgehead atoms. The molecular weight excluding hydrogens is 244 g/mol. The fourth-order valence-electron chi connectivity index (χ4n) is 2.15. The van der Waals surface area contributed by atoms with Crippen molar-refractivity contribution < 1.29 is 4.74 Å². The van der Waals surface area contributed by atoms with Crippen molar-refractivity contribution in [2.75, 3.05) is 26.8 Å². The molecule has 0 aromatic carbocycles. The molecule has 0 aromatic heterocycles. The van der Waals surface area contributed by atoms with E-state index < -0.39 is 0 Å². The second-order valence-corrected chi connectivity index (χ2v) is 6.54. The van der Waals surface area contributed by atoms with E-state index in [0.717, 1.165) is 32.0 Å². The maximum Gasteiger partial charge on any atom is 0.0784 e. The summed E-state index contributed by atoms with van der Waals surface area (Å²) < 4.78 is 5.21. The summed E-state index contributed by atoms with van der Waals surface area (Å²) in [5.41, 5.74) is 5.74. The SMILES string of the molecule is COCCN(CCC(C)(C)C(N)=S)C(C)C1CC1. The average Bonchev–Trinajstić information content (AvgIpc) is 3.12. The van der Waals surface area contributed by atoms with E-state index in [9.17, 15) is 0 Å². The summed E-state index contributed by atoms with van der Waals surface area (Å²) in [6, 6.07) is 0.655. The fraction of sp³-hybridized carbons (Fsp3) is 0.929. The highest BCUT2D eigenvalue weighted by Gasteiger charge is 2.32. The number of methoxy groups -OCH3 is 1. The minimum atomic E-state index is -0.0517. The maximum atomic E-state index is 5.79. The van der Waals surface area contributed by atoms with Crippen molar-refractivity contribution in [1.29, 1.82) is 0 Å². The summed E-state index contributed by atoms with van der Waals surface area (Å²) in [7, 11) is 1.76. The van der Waals surface area contributed by atoms with Gasteiger partial charge in [-0.3, -0.25) is 4.90 Å². The predicted octanol–water partition coefficient (Wildman–Crippen LogP) is 2.44. The minimum Gasteiger partial charge on any atom is -0.393 e. The van der Waals surface area contributed by atoms with Crippen molar-refractivity contribution in [3.05, 3.63) is 0 Å². The lowest BCUT2D eigenvalue weighted by atomic mass is 9.89. The Morgan fingerprint density at radius 3 is 2.50 bits per heavy atom. The Kier molecular flexibility index (Phi) is 6.02. The Morgan fingerprint density at radius 1 is 1.44 bits per heavy atom. The van der Waals surface area contributed by atoms with E-state index >= 15 is 0 Å². The largest absolute Gasteiger partial charge is 0.393 e. The molecule has 2 N–H and O–H groups in total. The van der Waals surface area contributed by atoms with Crippen molar-refractivity contribution in [2.24, 2.45) is 17.1 Å². The Morgan fingerprint density at radius 2 is 2.06 bits per heavy atom. The molecule has 0 radical (unpaired) electrons. The van der Waals surface area contributed by atoms with Crippen LogP contribution in [0.5, 0.6) is 0 Å². The molecule has 1 aliphatic rings. The Hall–Kier alpha value is -0.190. The number of nitrogens with two attached hydrogens (primary N) is 1. The van der Waals surface area contributed by atoms with Gasteiger partial charge in [-0.2, -0.15) is 0 Å². The van der Waals surface area contributed by atoms with Crippen molar-refractivity contribution >= 4 is 17.2 Å². The monoisotopic (exact) mass is 272 g/mol. The quantitative estimate of drug-likeness (QED) is 0.654. The number of rotatable bonds is 9. The third-order valence-electron chi connectivity index (χ3n) is 4.15. The van der Waals surface area contributed by atoms with Gasteiger partial charge in [0.05, 0.1) is 11.6 Å². The first-order valence-corrected chi connectivity index (χ1v) is 7.32. The van der Waals surface area contributed by atoms with E-state index in [2.05, 4.69) is 25.7 Å². The number of hydrogen-bond donors (Lipinski definition) is 1. The van der Waals surface area contributed by atoms with Gasteiger partial charge in [-0.25, -0.2) is 0 Å². The number of nitrogens with zero attached hydrogens (tertiary/aromatic N) is 1. The van der Waals surface area contributed by atoms with E-state index in [1.807, 2.05) is 0 Å². The summed E-state index contributed by atoms with van der Waals surface area (Å²) in [5.74, 6) is 0.884. The van der Waals surface area contributed by atoms with Crippen LogP contribution in [0.25, 0.3) is 0 Å². The predicted molar refractivity (Wildman–Crippen MR) is 80.8 cm³/mol. The molecule has 3 nitrogen and oxygen atoms in total. The molecule has 0 saturated heterocycles. The summed E-state index contributed by atoms with van der Waals surface area (Å²) >= 11 is 5.14. The summed E-state index contributed by atoms with van der Waals surface area (Å²) in [6.45, 7) is 9.44. The Balaban J connectivity index is 2.47. The number of ether oxygens (including phenoxy) is 1. The highest BCUT2D eigenvalue weighted by molar-refractivity contribution is 7.80. The molecule has 106 valence electrons. The second kappa shape index (κ2) is 6.83. The van der Waals surface area contributed by atoms with E-state index in [1.54, 1.807) is 7.11 Å². The lowest BCUT2D eigenvalue weighted by Crippen LogP contribution is -2.41. The van der Waals surface area contributed by atoms with E-state index in [4.69, 9.17) is 22.7 Å². The molecular formula is C14H28N2OS. The van der Waals surface area contributed by atoms with Gasteiger partial charge in [-0.1, -0.05) is 26.1 Å². The van der Waals surface area contributed by atoms with E-state index in [-0.39, 0.29) is 5.41 Å². The van der Waals surface area contributed by atoms with E-state index in [0.29, 0.717) is 11.0 Å². The van der Waals surface area contributed by atoms with E-state index in [1.165, 1.54) is 12.8 Å². The zero-order chi connectivity index (χ0) is 13.8. The van der Waals surface area contributed by atoms with Gasteiger partial charge in [0.1, 0.15) is 0 Å². The zero-order valence-electron chi connectivity index (χ0n) is 12.2. The molecule has 18 heavy (non-hydrogen) atoms. The van der Waals surface area contributed by atoms with Crippen LogP contribution < -0.4 is 5.73 Å². The molecule has 1 rings (SSSR count). The van der Waals surface area contributed by atoms with Crippen molar-refractivity contribution in [3.8, 4) is 0 Å². The van der Waals surface area contributed by atoms with Crippen molar-refractivity contribution in [2.45, 2.75) is 46.1 Å². The van der Waals surface area contributed by atoms with Crippen LogP contribution in [0.4, 0.5) is 0 Å². The average molecular weight is 272 g/mol. The zero-order valence-corrected chi connectivity index (χ0v) is 13.1. The number of thiocarbonyl (C=S) groups is 1. The molecule has 1 fully saturated rings. The molecule has 1 aliphatic carbocycles. The lowest BCUT2D eigenvalue weighted by Gasteiger charge is -2.32. The van der Waals surface area contributed by atoms with Gasteiger partial charge in [0.2, 0.25) is 0 Å². The van der Waals surface area contributed by atoms with Gasteiger partial charge in [0.15, 0.2) is 0 Å². The topological polar surface area (TPSA) is 38.5 Å². The normalized spacial score (nSPS) is 18.1. The van der Waals surface area contributed by atoms with Crippen LogP contribution in [-0.2, 0) is 4.74 Å². The fourth-order valence-corrected chi connectivity index (χ4v) is 2.25. The highest BCUT2D eigenvalue weighted by Crippen LogP contribution is 2.35. The number of hydrogen-bond acceptors (Lipinski definition) is 3. The molecule has 0 heterocycles. The van der Waals surface area contributed by atoms with Gasteiger partial charge in [-0.05, 0) is 38.6 Å². The summed E-state index contributed by atoms with van der Waals surface area (Å²) in [4.78, 5) is 3.15. The van der Waals surface area contributed by atoms with Crippen LogP contribution in [0, 0.1) is 11.3 Å². The second-order valence-electron chi connectivity index (χ2n) is 6.10. The Bertz CT molecular complexity index is 277.